The quantitative estimate of drug-likeness (QED) is 0.470. The van der Waals surface area contributed by atoms with Gasteiger partial charge < -0.3 is 10.4 Å². The van der Waals surface area contributed by atoms with Gasteiger partial charge in [0.25, 0.3) is 0 Å². The Bertz CT molecular complexity index is 183. The highest BCUT2D eigenvalue weighted by Gasteiger charge is 2.20. The molecular formula is C8H13NO2. The summed E-state index contributed by atoms with van der Waals surface area (Å²) in [6.07, 6.45) is 3.67. The van der Waals surface area contributed by atoms with Crippen LogP contribution in [-0.2, 0) is 4.79 Å². The molecule has 0 spiro atoms. The summed E-state index contributed by atoms with van der Waals surface area (Å²) in [5.74, 6) is 0.563. The largest absolute Gasteiger partial charge is 0.495 e. The summed E-state index contributed by atoms with van der Waals surface area (Å²) in [6.45, 7) is 2.20. The van der Waals surface area contributed by atoms with Gasteiger partial charge in [0.05, 0.1) is 0 Å². The van der Waals surface area contributed by atoms with E-state index in [0.29, 0.717) is 5.92 Å². The lowest BCUT2D eigenvalue weighted by atomic mass is 10.4. The van der Waals surface area contributed by atoms with Gasteiger partial charge in [0, 0.05) is 12.6 Å². The highest BCUT2D eigenvalue weighted by atomic mass is 16.3. The van der Waals surface area contributed by atoms with Crippen molar-refractivity contribution < 1.29 is 9.90 Å². The average Bonchev–Trinajstić information content (AvgIpc) is 2.63. The van der Waals surface area contributed by atoms with Crippen molar-refractivity contribution in [2.45, 2.75) is 19.8 Å². The minimum absolute atomic E-state index is 0.00981. The third kappa shape index (κ3) is 3.65. The van der Waals surface area contributed by atoms with Gasteiger partial charge in [0.15, 0.2) is 11.7 Å². The lowest BCUT2D eigenvalue weighted by Crippen LogP contribution is -2.16. The minimum Gasteiger partial charge on any atom is -0.495 e. The first-order chi connectivity index (χ1) is 5.18. The first-order valence-electron chi connectivity index (χ1n) is 3.83. The molecular weight excluding hydrogens is 142 g/mol. The fourth-order valence-electron chi connectivity index (χ4n) is 0.814. The molecule has 3 nitrogen and oxygen atoms in total. The van der Waals surface area contributed by atoms with Crippen LogP contribution < -0.4 is 5.32 Å². The number of nitrogens with one attached hydrogen (secondary N) is 1. The van der Waals surface area contributed by atoms with Crippen LogP contribution in [0.25, 0.3) is 0 Å². The molecule has 3 heteroatoms. The van der Waals surface area contributed by atoms with Crippen molar-refractivity contribution in [3.05, 3.63) is 12.0 Å². The average molecular weight is 155 g/mol. The van der Waals surface area contributed by atoms with Crippen molar-refractivity contribution in [1.29, 1.82) is 0 Å². The Morgan fingerprint density at radius 1 is 1.73 bits per heavy atom. The highest BCUT2D eigenvalue weighted by Crippen LogP contribution is 2.27. The van der Waals surface area contributed by atoms with Gasteiger partial charge in [-0.1, -0.05) is 0 Å². The van der Waals surface area contributed by atoms with Crippen LogP contribution in [0.3, 0.4) is 0 Å². The molecule has 0 aliphatic heterocycles. The van der Waals surface area contributed by atoms with Crippen LogP contribution in [-0.4, -0.2) is 17.4 Å². The number of aliphatic hydroxyl groups excluding tert-OH is 1. The number of carbonyl (C=O) groups excluding carboxylic acids is 1. The van der Waals surface area contributed by atoms with Crippen molar-refractivity contribution in [2.24, 2.45) is 5.92 Å². The van der Waals surface area contributed by atoms with E-state index in [1.807, 2.05) is 0 Å². The van der Waals surface area contributed by atoms with Crippen molar-refractivity contribution in [2.75, 3.05) is 6.54 Å². The van der Waals surface area contributed by atoms with Crippen molar-refractivity contribution in [3.8, 4) is 0 Å². The van der Waals surface area contributed by atoms with E-state index in [-0.39, 0.29) is 11.7 Å². The maximum Gasteiger partial charge on any atom is 0.187 e. The number of carbonyl (C=O) groups is 1. The van der Waals surface area contributed by atoms with Gasteiger partial charge in [-0.3, -0.25) is 4.79 Å². The summed E-state index contributed by atoms with van der Waals surface area (Å²) in [4.78, 5) is 10.4. The zero-order chi connectivity index (χ0) is 8.27. The Morgan fingerprint density at radius 2 is 2.36 bits per heavy atom. The maximum absolute atomic E-state index is 10.4. The molecule has 0 aromatic rings. The van der Waals surface area contributed by atoms with E-state index in [1.165, 1.54) is 25.8 Å². The van der Waals surface area contributed by atoms with Crippen LogP contribution >= 0.6 is 0 Å². The summed E-state index contributed by atoms with van der Waals surface area (Å²) in [5, 5.41) is 11.8. The van der Waals surface area contributed by atoms with Gasteiger partial charge in [0.2, 0.25) is 0 Å². The molecule has 0 radical (unpaired) electrons. The molecule has 0 atom stereocenters. The third-order valence-electron chi connectivity index (χ3n) is 1.61. The molecule has 0 saturated heterocycles. The fraction of sp³-hybridized carbons (Fsp3) is 0.625. The predicted octanol–water partition coefficient (Wildman–Crippen LogP) is 0.974. The Kier molecular flexibility index (Phi) is 2.52. The van der Waals surface area contributed by atoms with E-state index < -0.39 is 0 Å². The molecule has 0 amide bonds. The summed E-state index contributed by atoms with van der Waals surface area (Å²) in [6, 6.07) is 0. The third-order valence-corrected chi connectivity index (χ3v) is 1.61. The standard InChI is InChI=1S/C8H13NO2/c1-6(10)4-8(11)9-5-7-2-3-7/h4,7,9,11H,2-3,5H2,1H3/b8-4-. The smallest absolute Gasteiger partial charge is 0.187 e. The maximum atomic E-state index is 10.4. The SMILES string of the molecule is CC(=O)/C=C(\O)NCC1CC1. The first kappa shape index (κ1) is 8.11. The minimum atomic E-state index is -0.134. The van der Waals surface area contributed by atoms with Gasteiger partial charge in [-0.15, -0.1) is 0 Å². The second-order valence-corrected chi connectivity index (χ2v) is 2.96. The molecule has 1 aliphatic rings. The Balaban J connectivity index is 2.17. The fourth-order valence-corrected chi connectivity index (χ4v) is 0.814. The van der Waals surface area contributed by atoms with Crippen LogP contribution in [0, 0.1) is 5.92 Å². The lowest BCUT2D eigenvalue weighted by molar-refractivity contribution is -0.112. The zero-order valence-electron chi connectivity index (χ0n) is 6.63. The van der Waals surface area contributed by atoms with Crippen LogP contribution in [0.15, 0.2) is 12.0 Å². The van der Waals surface area contributed by atoms with Crippen molar-refractivity contribution in [3.63, 3.8) is 0 Å². The van der Waals surface area contributed by atoms with Gasteiger partial charge in [-0.2, -0.15) is 0 Å². The Hall–Kier alpha value is -0.990. The van der Waals surface area contributed by atoms with Gasteiger partial charge >= 0.3 is 0 Å². The van der Waals surface area contributed by atoms with E-state index in [4.69, 9.17) is 5.11 Å². The number of aliphatic hydroxyl groups is 1. The second kappa shape index (κ2) is 3.42. The summed E-state index contributed by atoms with van der Waals surface area (Å²) < 4.78 is 0. The number of ketones is 1. The van der Waals surface area contributed by atoms with Gasteiger partial charge in [-0.05, 0) is 25.7 Å². The lowest BCUT2D eigenvalue weighted by Gasteiger charge is -2.01. The molecule has 1 saturated carbocycles. The number of hydrogen-bond donors (Lipinski definition) is 2. The molecule has 0 unspecified atom stereocenters. The van der Waals surface area contributed by atoms with Crippen molar-refractivity contribution >= 4 is 5.78 Å². The normalized spacial score (nSPS) is 18.1. The topological polar surface area (TPSA) is 49.3 Å². The zero-order valence-corrected chi connectivity index (χ0v) is 6.63. The molecule has 1 fully saturated rings. The van der Waals surface area contributed by atoms with E-state index in [0.717, 1.165) is 6.54 Å². The molecule has 0 aromatic heterocycles. The molecule has 1 aliphatic carbocycles. The Morgan fingerprint density at radius 3 is 2.82 bits per heavy atom. The van der Waals surface area contributed by atoms with Gasteiger partial charge in [-0.25, -0.2) is 0 Å². The van der Waals surface area contributed by atoms with Crippen LogP contribution in [0.4, 0.5) is 0 Å². The van der Waals surface area contributed by atoms with Crippen LogP contribution in [0.1, 0.15) is 19.8 Å². The second-order valence-electron chi connectivity index (χ2n) is 2.96. The summed E-state index contributed by atoms with van der Waals surface area (Å²) in [7, 11) is 0. The number of hydrogen-bond acceptors (Lipinski definition) is 3. The van der Waals surface area contributed by atoms with Crippen molar-refractivity contribution in [1.82, 2.24) is 5.32 Å². The molecule has 0 aromatic carbocycles. The van der Waals surface area contributed by atoms with Crippen LogP contribution in [0.2, 0.25) is 0 Å². The molecule has 0 bridgehead atoms. The van der Waals surface area contributed by atoms with E-state index >= 15 is 0 Å². The van der Waals surface area contributed by atoms with Crippen LogP contribution in [0.5, 0.6) is 0 Å². The molecule has 1 rings (SSSR count). The van der Waals surface area contributed by atoms with E-state index in [2.05, 4.69) is 5.32 Å². The summed E-state index contributed by atoms with van der Waals surface area (Å²) in [5.41, 5.74) is 0. The molecule has 0 heterocycles. The van der Waals surface area contributed by atoms with E-state index in [9.17, 15) is 4.79 Å². The Labute approximate surface area is 66.1 Å². The van der Waals surface area contributed by atoms with E-state index in [1.54, 1.807) is 0 Å². The number of rotatable bonds is 4. The first-order valence-corrected chi connectivity index (χ1v) is 3.83. The van der Waals surface area contributed by atoms with Gasteiger partial charge in [0.1, 0.15) is 0 Å². The predicted molar refractivity (Wildman–Crippen MR) is 42.1 cm³/mol. The summed E-state index contributed by atoms with van der Waals surface area (Å²) >= 11 is 0. The molecule has 11 heavy (non-hydrogen) atoms. The molecule has 2 N–H and O–H groups in total. The monoisotopic (exact) mass is 155 g/mol. The highest BCUT2D eigenvalue weighted by molar-refractivity contribution is 5.87. The number of allylic oxidation sites excluding steroid dienone is 1. The molecule has 62 valence electrons.